The van der Waals surface area contributed by atoms with Gasteiger partial charge in [-0.3, -0.25) is 9.59 Å². The summed E-state index contributed by atoms with van der Waals surface area (Å²) in [5, 5.41) is 0. The van der Waals surface area contributed by atoms with Crippen LogP contribution in [0.2, 0.25) is 0 Å². The Balaban J connectivity index is 2.20. The van der Waals surface area contributed by atoms with Crippen LogP contribution in [0.15, 0.2) is 0 Å². The molecule has 1 saturated heterocycles. The van der Waals surface area contributed by atoms with Crippen LogP contribution in [-0.4, -0.2) is 49.2 Å². The van der Waals surface area contributed by atoms with Crippen molar-refractivity contribution < 1.29 is 19.1 Å². The average molecular weight is 370 g/mol. The molecule has 1 aliphatic heterocycles. The number of unbranched alkanes of at least 4 members (excludes halogenated alkanes) is 5. The van der Waals surface area contributed by atoms with Crippen molar-refractivity contribution in [2.45, 2.75) is 97.1 Å². The number of hydrogen-bond donors (Lipinski definition) is 0. The van der Waals surface area contributed by atoms with E-state index in [-0.39, 0.29) is 29.0 Å². The number of carbonyl (C=O) groups is 2. The molecule has 0 aromatic carbocycles. The molecule has 1 rings (SSSR count). The number of piperidine rings is 1. The Kier molecular flexibility index (Phi) is 9.08. The van der Waals surface area contributed by atoms with E-state index in [1.54, 1.807) is 0 Å². The largest absolute Gasteiger partial charge is 0.469 e. The molecule has 1 unspecified atom stereocenters. The van der Waals surface area contributed by atoms with Crippen LogP contribution in [0.5, 0.6) is 0 Å². The number of rotatable bonds is 10. The van der Waals surface area contributed by atoms with Crippen LogP contribution >= 0.6 is 0 Å². The topological polar surface area (TPSA) is 55.8 Å². The van der Waals surface area contributed by atoms with Gasteiger partial charge in [-0.05, 0) is 40.2 Å². The Hall–Kier alpha value is -1.10. The molecule has 0 radical (unpaired) electrons. The summed E-state index contributed by atoms with van der Waals surface area (Å²) < 4.78 is 10.5. The van der Waals surface area contributed by atoms with Crippen molar-refractivity contribution in [2.75, 3.05) is 20.7 Å². The molecule has 0 aliphatic carbocycles. The molecule has 0 saturated carbocycles. The zero-order valence-electron chi connectivity index (χ0n) is 17.7. The van der Waals surface area contributed by atoms with Gasteiger partial charge >= 0.3 is 11.9 Å². The predicted molar refractivity (Wildman–Crippen MR) is 104 cm³/mol. The van der Waals surface area contributed by atoms with Gasteiger partial charge in [-0.1, -0.05) is 39.5 Å². The fraction of sp³-hybridized carbons (Fsp3) is 0.905. The van der Waals surface area contributed by atoms with Gasteiger partial charge < -0.3 is 14.4 Å². The second-order valence-corrected chi connectivity index (χ2v) is 8.67. The molecule has 1 fully saturated rings. The van der Waals surface area contributed by atoms with E-state index < -0.39 is 0 Å². The lowest BCUT2D eigenvalue weighted by Crippen LogP contribution is -2.62. The molecule has 5 nitrogen and oxygen atoms in total. The van der Waals surface area contributed by atoms with E-state index in [4.69, 9.17) is 4.74 Å². The molecule has 0 aromatic rings. The second-order valence-electron chi connectivity index (χ2n) is 8.67. The van der Waals surface area contributed by atoms with Crippen LogP contribution in [0.3, 0.4) is 0 Å². The Labute approximate surface area is 159 Å². The lowest BCUT2D eigenvalue weighted by molar-refractivity contribution is -0.171. The number of carbonyl (C=O) groups excluding carboxylic acids is 2. The SMILES string of the molecule is COC(=O)CCCCCCCCC(=O)OC1CCN(C)C(C)(C)C1(C)C. The maximum absolute atomic E-state index is 12.2. The Morgan fingerprint density at radius 3 is 1.96 bits per heavy atom. The summed E-state index contributed by atoms with van der Waals surface area (Å²) in [5.41, 5.74) is -0.0737. The molecule has 5 heteroatoms. The van der Waals surface area contributed by atoms with Gasteiger partial charge in [-0.2, -0.15) is 0 Å². The maximum Gasteiger partial charge on any atom is 0.306 e. The van der Waals surface area contributed by atoms with E-state index in [0.29, 0.717) is 12.8 Å². The van der Waals surface area contributed by atoms with Gasteiger partial charge in [-0.25, -0.2) is 0 Å². The lowest BCUT2D eigenvalue weighted by Gasteiger charge is -2.55. The van der Waals surface area contributed by atoms with E-state index >= 15 is 0 Å². The summed E-state index contributed by atoms with van der Waals surface area (Å²) in [5.74, 6) is -0.193. The van der Waals surface area contributed by atoms with Crippen molar-refractivity contribution in [1.82, 2.24) is 4.90 Å². The van der Waals surface area contributed by atoms with Gasteiger partial charge in [-0.15, -0.1) is 0 Å². The monoisotopic (exact) mass is 369 g/mol. The molecule has 1 atom stereocenters. The van der Waals surface area contributed by atoms with Gasteiger partial charge in [0.25, 0.3) is 0 Å². The third-order valence-corrected chi connectivity index (χ3v) is 6.58. The van der Waals surface area contributed by atoms with Crippen molar-refractivity contribution in [3.63, 3.8) is 0 Å². The number of esters is 2. The Bertz CT molecular complexity index is 459. The zero-order chi connectivity index (χ0) is 19.8. The molecule has 1 heterocycles. The first-order chi connectivity index (χ1) is 12.1. The van der Waals surface area contributed by atoms with E-state index in [0.717, 1.165) is 51.5 Å². The minimum absolute atomic E-state index is 0.000392. The number of ether oxygens (including phenoxy) is 2. The number of hydrogen-bond acceptors (Lipinski definition) is 5. The second kappa shape index (κ2) is 10.3. The molecule has 0 spiro atoms. The lowest BCUT2D eigenvalue weighted by atomic mass is 9.66. The van der Waals surface area contributed by atoms with Crippen LogP contribution in [0.1, 0.15) is 85.5 Å². The quantitative estimate of drug-likeness (QED) is 0.424. The first kappa shape index (κ1) is 22.9. The smallest absolute Gasteiger partial charge is 0.306 e. The molecule has 152 valence electrons. The Morgan fingerprint density at radius 2 is 1.42 bits per heavy atom. The first-order valence-corrected chi connectivity index (χ1v) is 10.1. The van der Waals surface area contributed by atoms with Gasteiger partial charge in [0.15, 0.2) is 0 Å². The van der Waals surface area contributed by atoms with E-state index in [2.05, 4.69) is 44.4 Å². The fourth-order valence-corrected chi connectivity index (χ4v) is 3.61. The third-order valence-electron chi connectivity index (χ3n) is 6.58. The number of methoxy groups -OCH3 is 1. The molecule has 0 bridgehead atoms. The zero-order valence-corrected chi connectivity index (χ0v) is 17.7. The standard InChI is InChI=1S/C21H39NO4/c1-20(2)17(15-16-22(5)21(20,3)4)26-19(24)14-12-10-8-7-9-11-13-18(23)25-6/h17H,7-16H2,1-6H3. The normalized spacial score (nSPS) is 22.0. The summed E-state index contributed by atoms with van der Waals surface area (Å²) >= 11 is 0. The van der Waals surface area contributed by atoms with Crippen molar-refractivity contribution in [1.29, 1.82) is 0 Å². The highest BCUT2D eigenvalue weighted by molar-refractivity contribution is 5.69. The van der Waals surface area contributed by atoms with Gasteiger partial charge in [0.2, 0.25) is 0 Å². The van der Waals surface area contributed by atoms with E-state index in [1.165, 1.54) is 7.11 Å². The molecule has 1 aliphatic rings. The summed E-state index contributed by atoms with van der Waals surface area (Å²) in [7, 11) is 3.57. The fourth-order valence-electron chi connectivity index (χ4n) is 3.61. The van der Waals surface area contributed by atoms with Gasteiger partial charge in [0, 0.05) is 30.3 Å². The molecule has 0 N–H and O–H groups in total. The third kappa shape index (κ3) is 6.26. The molecular weight excluding hydrogens is 330 g/mol. The summed E-state index contributed by atoms with van der Waals surface area (Å²) in [6, 6.07) is 0. The summed E-state index contributed by atoms with van der Waals surface area (Å²) in [6.07, 6.45) is 7.94. The molecule has 26 heavy (non-hydrogen) atoms. The van der Waals surface area contributed by atoms with Crippen LogP contribution < -0.4 is 0 Å². The summed E-state index contributed by atoms with van der Waals surface area (Å²) in [4.78, 5) is 25.6. The van der Waals surface area contributed by atoms with Gasteiger partial charge in [0.05, 0.1) is 7.11 Å². The average Bonchev–Trinajstić information content (AvgIpc) is 2.58. The van der Waals surface area contributed by atoms with Crippen LogP contribution in [0.4, 0.5) is 0 Å². The predicted octanol–water partition coefficient (Wildman–Crippen LogP) is 4.33. The van der Waals surface area contributed by atoms with Crippen molar-refractivity contribution in [3.8, 4) is 0 Å². The molecular formula is C21H39NO4. The van der Waals surface area contributed by atoms with E-state index in [9.17, 15) is 9.59 Å². The molecule has 0 aromatic heterocycles. The highest BCUT2D eigenvalue weighted by Gasteiger charge is 2.50. The highest BCUT2D eigenvalue weighted by atomic mass is 16.5. The van der Waals surface area contributed by atoms with Crippen molar-refractivity contribution in [2.24, 2.45) is 5.41 Å². The summed E-state index contributed by atoms with van der Waals surface area (Å²) in [6.45, 7) is 9.82. The minimum atomic E-state index is -0.132. The maximum atomic E-state index is 12.2. The van der Waals surface area contributed by atoms with Crippen LogP contribution in [-0.2, 0) is 19.1 Å². The Morgan fingerprint density at radius 1 is 0.923 bits per heavy atom. The van der Waals surface area contributed by atoms with Crippen LogP contribution in [0.25, 0.3) is 0 Å². The number of nitrogens with zero attached hydrogens (tertiary/aromatic N) is 1. The number of likely N-dealkylation sites (tertiary alicyclic amines) is 1. The highest BCUT2D eigenvalue weighted by Crippen LogP contribution is 2.44. The van der Waals surface area contributed by atoms with Crippen molar-refractivity contribution >= 4 is 11.9 Å². The minimum Gasteiger partial charge on any atom is -0.469 e. The van der Waals surface area contributed by atoms with E-state index in [1.807, 2.05) is 0 Å². The first-order valence-electron chi connectivity index (χ1n) is 10.1. The van der Waals surface area contributed by atoms with Crippen molar-refractivity contribution in [3.05, 3.63) is 0 Å². The van der Waals surface area contributed by atoms with Gasteiger partial charge in [0.1, 0.15) is 6.10 Å². The molecule has 0 amide bonds. The van der Waals surface area contributed by atoms with Crippen LogP contribution in [0, 0.1) is 5.41 Å².